The van der Waals surface area contributed by atoms with Crippen LogP contribution in [0.25, 0.3) is 0 Å². The van der Waals surface area contributed by atoms with Crippen LogP contribution >= 0.6 is 23.2 Å². The fourth-order valence-corrected chi connectivity index (χ4v) is 1.24. The highest BCUT2D eigenvalue weighted by Gasteiger charge is 2.23. The molecule has 0 amide bonds. The van der Waals surface area contributed by atoms with Crippen LogP contribution < -0.4 is 0 Å². The maximum absolute atomic E-state index is 9.63. The van der Waals surface area contributed by atoms with Gasteiger partial charge in [0.2, 0.25) is 0 Å². The number of rotatable bonds is 2. The molecule has 1 nitrogen and oxygen atoms in total. The molecule has 1 aromatic carbocycles. The fraction of sp³-hybridized carbons (Fsp3) is 0.333. The van der Waals surface area contributed by atoms with Crippen LogP contribution in [0.2, 0.25) is 5.02 Å². The molecule has 0 aliphatic carbocycles. The molecule has 66 valence electrons. The quantitative estimate of drug-likeness (QED) is 0.735. The first kappa shape index (κ1) is 9.85. The van der Waals surface area contributed by atoms with E-state index in [1.807, 2.05) is 6.92 Å². The Balaban J connectivity index is 3.03. The van der Waals surface area contributed by atoms with Gasteiger partial charge in [-0.25, -0.2) is 0 Å². The number of halogens is 2. The third-order valence-corrected chi connectivity index (χ3v) is 2.46. The Hall–Kier alpha value is -0.240. The minimum atomic E-state index is -1.29. The molecule has 1 N–H and O–H groups in total. The molecule has 0 radical (unpaired) electrons. The van der Waals surface area contributed by atoms with Gasteiger partial charge < -0.3 is 5.11 Å². The van der Waals surface area contributed by atoms with Crippen LogP contribution in [0, 0.1) is 0 Å². The van der Waals surface area contributed by atoms with Crippen molar-refractivity contribution in [3.8, 4) is 0 Å². The number of benzene rings is 1. The Morgan fingerprint density at radius 2 is 2.17 bits per heavy atom. The topological polar surface area (TPSA) is 20.2 Å². The molecule has 0 bridgehead atoms. The number of hydrogen-bond donors (Lipinski definition) is 1. The van der Waals surface area contributed by atoms with Crippen LogP contribution in [-0.2, 0) is 5.06 Å². The molecule has 0 aliphatic heterocycles. The lowest BCUT2D eigenvalue weighted by atomic mass is 10.1. The second-order valence-corrected chi connectivity index (χ2v) is 3.68. The molecular weight excluding hydrogens is 195 g/mol. The molecule has 0 fully saturated rings. The van der Waals surface area contributed by atoms with Crippen LogP contribution in [-0.4, -0.2) is 5.11 Å². The van der Waals surface area contributed by atoms with Crippen molar-refractivity contribution >= 4 is 23.2 Å². The zero-order valence-corrected chi connectivity index (χ0v) is 8.23. The second kappa shape index (κ2) is 3.65. The highest BCUT2D eigenvalue weighted by Crippen LogP contribution is 2.30. The highest BCUT2D eigenvalue weighted by molar-refractivity contribution is 6.30. The highest BCUT2D eigenvalue weighted by atomic mass is 35.5. The van der Waals surface area contributed by atoms with Crippen LogP contribution in [0.1, 0.15) is 18.9 Å². The van der Waals surface area contributed by atoms with Crippen molar-refractivity contribution in [1.29, 1.82) is 0 Å². The van der Waals surface area contributed by atoms with Gasteiger partial charge in [0.15, 0.2) is 5.06 Å². The Kier molecular flexibility index (Phi) is 2.99. The third-order valence-electron chi connectivity index (χ3n) is 1.74. The largest absolute Gasteiger partial charge is 0.371 e. The van der Waals surface area contributed by atoms with Gasteiger partial charge in [0.1, 0.15) is 0 Å². The smallest absolute Gasteiger partial charge is 0.164 e. The van der Waals surface area contributed by atoms with Gasteiger partial charge in [0, 0.05) is 10.6 Å². The van der Waals surface area contributed by atoms with Crippen molar-refractivity contribution in [2.75, 3.05) is 0 Å². The summed E-state index contributed by atoms with van der Waals surface area (Å²) >= 11 is 11.6. The SMILES string of the molecule is CCC(O)(Cl)c1cccc(Cl)c1. The van der Waals surface area contributed by atoms with Crippen LogP contribution in [0.5, 0.6) is 0 Å². The molecule has 0 spiro atoms. The van der Waals surface area contributed by atoms with E-state index in [9.17, 15) is 5.11 Å². The average molecular weight is 205 g/mol. The lowest BCUT2D eigenvalue weighted by Crippen LogP contribution is -2.15. The molecule has 3 heteroatoms. The Morgan fingerprint density at radius 1 is 1.50 bits per heavy atom. The summed E-state index contributed by atoms with van der Waals surface area (Å²) in [4.78, 5) is 0. The monoisotopic (exact) mass is 204 g/mol. The zero-order valence-electron chi connectivity index (χ0n) is 6.72. The van der Waals surface area contributed by atoms with Gasteiger partial charge in [0.05, 0.1) is 0 Å². The molecule has 0 saturated heterocycles. The van der Waals surface area contributed by atoms with Crippen molar-refractivity contribution in [3.05, 3.63) is 34.9 Å². The van der Waals surface area contributed by atoms with E-state index in [0.717, 1.165) is 0 Å². The molecule has 1 rings (SSSR count). The summed E-state index contributed by atoms with van der Waals surface area (Å²) in [6, 6.07) is 6.93. The molecule has 0 heterocycles. The lowest BCUT2D eigenvalue weighted by Gasteiger charge is -2.18. The van der Waals surface area contributed by atoms with Crippen molar-refractivity contribution < 1.29 is 5.11 Å². The fourth-order valence-electron chi connectivity index (χ4n) is 0.931. The van der Waals surface area contributed by atoms with Gasteiger partial charge in [0.25, 0.3) is 0 Å². The van der Waals surface area contributed by atoms with E-state index in [0.29, 0.717) is 17.0 Å². The molecule has 0 saturated carbocycles. The first-order valence-electron chi connectivity index (χ1n) is 3.73. The van der Waals surface area contributed by atoms with Gasteiger partial charge in [-0.15, -0.1) is 0 Å². The van der Waals surface area contributed by atoms with Crippen molar-refractivity contribution in [2.45, 2.75) is 18.4 Å². The minimum Gasteiger partial charge on any atom is -0.371 e. The molecule has 0 aliphatic rings. The summed E-state index contributed by atoms with van der Waals surface area (Å²) in [6.07, 6.45) is 0.453. The normalized spacial score (nSPS) is 15.7. The second-order valence-electron chi connectivity index (χ2n) is 2.62. The Labute approximate surface area is 81.9 Å². The average Bonchev–Trinajstić information content (AvgIpc) is 2.05. The maximum atomic E-state index is 9.63. The van der Waals surface area contributed by atoms with E-state index in [4.69, 9.17) is 23.2 Å². The van der Waals surface area contributed by atoms with E-state index in [1.165, 1.54) is 0 Å². The first-order chi connectivity index (χ1) is 5.56. The molecule has 12 heavy (non-hydrogen) atoms. The van der Waals surface area contributed by atoms with Gasteiger partial charge in [-0.1, -0.05) is 42.3 Å². The predicted molar refractivity (Wildman–Crippen MR) is 51.5 cm³/mol. The van der Waals surface area contributed by atoms with Crippen molar-refractivity contribution in [3.63, 3.8) is 0 Å². The van der Waals surface area contributed by atoms with E-state index in [-0.39, 0.29) is 0 Å². The molecular formula is C9H10Cl2O. The van der Waals surface area contributed by atoms with Gasteiger partial charge in [-0.3, -0.25) is 0 Å². The lowest BCUT2D eigenvalue weighted by molar-refractivity contribution is 0.124. The maximum Gasteiger partial charge on any atom is 0.164 e. The number of aliphatic hydroxyl groups is 1. The molecule has 1 atom stereocenters. The first-order valence-corrected chi connectivity index (χ1v) is 4.49. The van der Waals surface area contributed by atoms with Crippen LogP contribution in [0.4, 0.5) is 0 Å². The molecule has 1 aromatic rings. The van der Waals surface area contributed by atoms with Crippen LogP contribution in [0.3, 0.4) is 0 Å². The number of hydrogen-bond acceptors (Lipinski definition) is 1. The van der Waals surface area contributed by atoms with Gasteiger partial charge in [-0.2, -0.15) is 0 Å². The predicted octanol–water partition coefficient (Wildman–Crippen LogP) is 3.13. The van der Waals surface area contributed by atoms with E-state index < -0.39 is 5.06 Å². The van der Waals surface area contributed by atoms with E-state index in [2.05, 4.69) is 0 Å². The Morgan fingerprint density at radius 3 is 2.67 bits per heavy atom. The van der Waals surface area contributed by atoms with Gasteiger partial charge in [-0.05, 0) is 18.6 Å². The third kappa shape index (κ3) is 2.13. The minimum absolute atomic E-state index is 0.453. The van der Waals surface area contributed by atoms with Crippen molar-refractivity contribution in [1.82, 2.24) is 0 Å². The summed E-state index contributed by atoms with van der Waals surface area (Å²) in [5, 5.41) is 8.92. The summed E-state index contributed by atoms with van der Waals surface area (Å²) < 4.78 is 0. The standard InChI is InChI=1S/C9H10Cl2O/c1-2-9(11,12)7-4-3-5-8(10)6-7/h3-6,12H,2H2,1H3. The summed E-state index contributed by atoms with van der Waals surface area (Å²) in [5.74, 6) is 0. The summed E-state index contributed by atoms with van der Waals surface area (Å²) in [6.45, 7) is 1.81. The van der Waals surface area contributed by atoms with E-state index in [1.54, 1.807) is 24.3 Å². The van der Waals surface area contributed by atoms with Crippen LogP contribution in [0.15, 0.2) is 24.3 Å². The zero-order chi connectivity index (χ0) is 9.19. The van der Waals surface area contributed by atoms with E-state index >= 15 is 0 Å². The summed E-state index contributed by atoms with van der Waals surface area (Å²) in [5.41, 5.74) is 0.638. The molecule has 0 aromatic heterocycles. The van der Waals surface area contributed by atoms with Gasteiger partial charge >= 0.3 is 0 Å². The Bertz CT molecular complexity index is 271. The summed E-state index contributed by atoms with van der Waals surface area (Å²) in [7, 11) is 0. The molecule has 1 unspecified atom stereocenters. The number of alkyl halides is 1. The van der Waals surface area contributed by atoms with Crippen molar-refractivity contribution in [2.24, 2.45) is 0 Å².